The Morgan fingerprint density at radius 3 is 2.30 bits per heavy atom. The number of thioether (sulfide) groups is 1. The highest BCUT2D eigenvalue weighted by atomic mass is 32.2. The van der Waals surface area contributed by atoms with Crippen molar-refractivity contribution in [3.8, 4) is 16.9 Å². The van der Waals surface area contributed by atoms with Crippen molar-refractivity contribution in [2.24, 2.45) is 5.73 Å². The maximum Gasteiger partial charge on any atom is 0.407 e. The van der Waals surface area contributed by atoms with Gasteiger partial charge in [-0.2, -0.15) is 0 Å². The van der Waals surface area contributed by atoms with Gasteiger partial charge in [0.2, 0.25) is 5.91 Å². The topological polar surface area (TPSA) is 111 Å². The molecule has 0 aromatic heterocycles. The maximum atomic E-state index is 13.9. The minimum Gasteiger partial charge on any atom is -0.497 e. The predicted octanol–water partition coefficient (Wildman–Crippen LogP) is 5.77. The molecule has 3 N–H and O–H groups in total. The van der Waals surface area contributed by atoms with Gasteiger partial charge in [-0.3, -0.25) is 9.59 Å². The van der Waals surface area contributed by atoms with Crippen LogP contribution in [0.2, 0.25) is 0 Å². The van der Waals surface area contributed by atoms with E-state index in [9.17, 15) is 14.4 Å². The van der Waals surface area contributed by atoms with Crippen LogP contribution in [0.4, 0.5) is 10.5 Å². The average Bonchev–Trinajstić information content (AvgIpc) is 3.31. The number of primary amides is 1. The van der Waals surface area contributed by atoms with E-state index in [-0.39, 0.29) is 18.4 Å². The van der Waals surface area contributed by atoms with Gasteiger partial charge in [0.25, 0.3) is 5.91 Å². The Labute approximate surface area is 260 Å². The Kier molecular flexibility index (Phi) is 8.56. The molecule has 0 spiro atoms. The SMILES string of the molecule is COc1ccc(CCCN2C(=O)[C@@H](NC(=O)OCC3c4ccccc4-c4ccccc43)CSc3ccc(C(N)=O)cc32)cc1. The number of alkyl carbamates (subject to hydrolysis) is 1. The van der Waals surface area contributed by atoms with Gasteiger partial charge in [0.05, 0.1) is 12.8 Å². The first-order valence-corrected chi connectivity index (χ1v) is 15.5. The summed E-state index contributed by atoms with van der Waals surface area (Å²) in [5.41, 5.74) is 12.1. The van der Waals surface area contributed by atoms with Crippen LogP contribution in [0.15, 0.2) is 95.9 Å². The van der Waals surface area contributed by atoms with Crippen LogP contribution >= 0.6 is 11.8 Å². The second-order valence-corrected chi connectivity index (χ2v) is 11.9. The average molecular weight is 608 g/mol. The third-order valence-electron chi connectivity index (χ3n) is 8.15. The Morgan fingerprint density at radius 2 is 1.64 bits per heavy atom. The number of carbonyl (C=O) groups is 3. The van der Waals surface area contributed by atoms with Crippen molar-refractivity contribution in [1.82, 2.24) is 5.32 Å². The minimum absolute atomic E-state index is 0.0849. The first-order valence-electron chi connectivity index (χ1n) is 14.6. The summed E-state index contributed by atoms with van der Waals surface area (Å²) in [6.07, 6.45) is 0.754. The van der Waals surface area contributed by atoms with Gasteiger partial charge in [-0.1, -0.05) is 60.7 Å². The molecule has 3 amide bonds. The van der Waals surface area contributed by atoms with Gasteiger partial charge in [-0.25, -0.2) is 4.79 Å². The largest absolute Gasteiger partial charge is 0.497 e. The first kappa shape index (κ1) is 29.3. The van der Waals surface area contributed by atoms with E-state index in [1.54, 1.807) is 30.2 Å². The number of nitrogens with zero attached hydrogens (tertiary/aromatic N) is 1. The van der Waals surface area contributed by atoms with E-state index in [1.165, 1.54) is 11.8 Å². The molecule has 224 valence electrons. The third-order valence-corrected chi connectivity index (χ3v) is 9.30. The highest BCUT2D eigenvalue weighted by Gasteiger charge is 2.34. The molecule has 0 unspecified atom stereocenters. The summed E-state index contributed by atoms with van der Waals surface area (Å²) in [5.74, 6) is 0.185. The number of rotatable bonds is 9. The molecular weight excluding hydrogens is 574 g/mol. The lowest BCUT2D eigenvalue weighted by Gasteiger charge is -2.26. The zero-order valence-electron chi connectivity index (χ0n) is 24.3. The summed E-state index contributed by atoms with van der Waals surface area (Å²) in [7, 11) is 1.63. The molecule has 44 heavy (non-hydrogen) atoms. The second kappa shape index (κ2) is 12.9. The van der Waals surface area contributed by atoms with Crippen LogP contribution in [0.25, 0.3) is 11.1 Å². The molecule has 4 aromatic rings. The number of amides is 3. The highest BCUT2D eigenvalue weighted by molar-refractivity contribution is 7.99. The van der Waals surface area contributed by atoms with Crippen LogP contribution < -0.4 is 20.7 Å². The van der Waals surface area contributed by atoms with E-state index in [2.05, 4.69) is 29.6 Å². The molecule has 0 bridgehead atoms. The summed E-state index contributed by atoms with van der Waals surface area (Å²) < 4.78 is 11.0. The molecule has 1 atom stereocenters. The normalized spacial score (nSPS) is 15.5. The van der Waals surface area contributed by atoms with E-state index in [0.29, 0.717) is 30.0 Å². The van der Waals surface area contributed by atoms with Crippen LogP contribution in [-0.4, -0.2) is 50.0 Å². The van der Waals surface area contributed by atoms with E-state index in [4.69, 9.17) is 15.2 Å². The van der Waals surface area contributed by atoms with E-state index < -0.39 is 18.0 Å². The number of fused-ring (bicyclic) bond motifs is 4. The number of nitrogens with two attached hydrogens (primary N) is 1. The molecule has 6 rings (SSSR count). The van der Waals surface area contributed by atoms with E-state index in [0.717, 1.165) is 44.9 Å². The Balaban J connectivity index is 1.16. The molecule has 0 saturated heterocycles. The van der Waals surface area contributed by atoms with E-state index >= 15 is 0 Å². The van der Waals surface area contributed by atoms with Crippen LogP contribution in [0.3, 0.4) is 0 Å². The fourth-order valence-corrected chi connectivity index (χ4v) is 6.96. The number of carbonyl (C=O) groups excluding carboxylic acids is 3. The van der Waals surface area contributed by atoms with Gasteiger partial charge in [-0.15, -0.1) is 11.8 Å². The minimum atomic E-state index is -0.818. The van der Waals surface area contributed by atoms with Gasteiger partial charge in [-0.05, 0) is 71.0 Å². The van der Waals surface area contributed by atoms with Crippen molar-refractivity contribution >= 4 is 35.4 Å². The predicted molar refractivity (Wildman–Crippen MR) is 171 cm³/mol. The van der Waals surface area contributed by atoms with Crippen LogP contribution in [0.1, 0.15) is 39.4 Å². The molecule has 9 heteroatoms. The third kappa shape index (κ3) is 6.01. The Morgan fingerprint density at radius 1 is 0.955 bits per heavy atom. The number of methoxy groups -OCH3 is 1. The fourth-order valence-electron chi connectivity index (χ4n) is 5.90. The van der Waals surface area contributed by atoms with Crippen LogP contribution in [-0.2, 0) is 16.0 Å². The summed E-state index contributed by atoms with van der Waals surface area (Å²) >= 11 is 1.45. The monoisotopic (exact) mass is 607 g/mol. The molecule has 0 saturated carbocycles. The Hall–Kier alpha value is -4.76. The number of ether oxygens (including phenoxy) is 2. The first-order chi connectivity index (χ1) is 21.4. The molecule has 8 nitrogen and oxygen atoms in total. The molecule has 2 aliphatic rings. The van der Waals surface area contributed by atoms with Crippen molar-refractivity contribution in [3.05, 3.63) is 113 Å². The molecule has 1 aliphatic heterocycles. The van der Waals surface area contributed by atoms with Crippen molar-refractivity contribution in [2.45, 2.75) is 29.7 Å². The number of nitrogens with one attached hydrogen (secondary N) is 1. The molecule has 4 aromatic carbocycles. The molecular formula is C35H33N3O5S. The summed E-state index contributed by atoms with van der Waals surface area (Å²) in [6, 6.07) is 28.4. The number of anilines is 1. The maximum absolute atomic E-state index is 13.9. The second-order valence-electron chi connectivity index (χ2n) is 10.8. The zero-order valence-corrected chi connectivity index (χ0v) is 25.1. The number of aryl methyl sites for hydroxylation is 1. The van der Waals surface area contributed by atoms with Crippen molar-refractivity contribution in [2.75, 3.05) is 30.9 Å². The summed E-state index contributed by atoms with van der Waals surface area (Å²) in [6.45, 7) is 0.547. The van der Waals surface area contributed by atoms with E-state index in [1.807, 2.05) is 48.5 Å². The van der Waals surface area contributed by atoms with Crippen molar-refractivity contribution < 1.29 is 23.9 Å². The molecule has 0 fully saturated rings. The lowest BCUT2D eigenvalue weighted by atomic mass is 9.98. The molecule has 1 aliphatic carbocycles. The van der Waals surface area contributed by atoms with Gasteiger partial charge in [0.15, 0.2) is 0 Å². The quantitative estimate of drug-likeness (QED) is 0.250. The van der Waals surface area contributed by atoms with Crippen molar-refractivity contribution in [1.29, 1.82) is 0 Å². The fraction of sp³-hybridized carbons (Fsp3) is 0.229. The Bertz CT molecular complexity index is 1660. The summed E-state index contributed by atoms with van der Waals surface area (Å²) in [5, 5.41) is 2.82. The van der Waals surface area contributed by atoms with Crippen LogP contribution in [0, 0.1) is 0 Å². The van der Waals surface area contributed by atoms with Gasteiger partial charge >= 0.3 is 6.09 Å². The number of hydrogen-bond acceptors (Lipinski definition) is 6. The van der Waals surface area contributed by atoms with Gasteiger partial charge < -0.3 is 25.4 Å². The lowest BCUT2D eigenvalue weighted by molar-refractivity contribution is -0.120. The van der Waals surface area contributed by atoms with Crippen molar-refractivity contribution in [3.63, 3.8) is 0 Å². The molecule has 0 radical (unpaired) electrons. The lowest BCUT2D eigenvalue weighted by Crippen LogP contribution is -2.50. The summed E-state index contributed by atoms with van der Waals surface area (Å²) in [4.78, 5) is 41.6. The standard InChI is InChI=1S/C35H33N3O5S/c1-42-24-15-12-22(13-16-24)7-6-18-38-31-19-23(33(36)39)14-17-32(31)44-21-30(34(38)40)37-35(41)43-20-29-27-10-4-2-8-25(27)26-9-3-5-11-28(26)29/h2-5,8-17,19,29-30H,6-7,18,20-21H2,1H3,(H2,36,39)(H,37,41)/t30-/m0/s1. The number of hydrogen-bond donors (Lipinski definition) is 2. The van der Waals surface area contributed by atoms with Gasteiger partial charge in [0.1, 0.15) is 18.4 Å². The smallest absolute Gasteiger partial charge is 0.407 e. The van der Waals surface area contributed by atoms with Crippen LogP contribution in [0.5, 0.6) is 5.75 Å². The highest BCUT2D eigenvalue weighted by Crippen LogP contribution is 2.44. The number of benzene rings is 4. The zero-order chi connectivity index (χ0) is 30.6. The van der Waals surface area contributed by atoms with Gasteiger partial charge in [0, 0.05) is 28.7 Å². The molecule has 1 heterocycles.